The van der Waals surface area contributed by atoms with Crippen molar-refractivity contribution in [2.24, 2.45) is 5.92 Å². The first-order valence-electron chi connectivity index (χ1n) is 10.5. The molecule has 4 rings (SSSR count). The number of anilines is 1. The zero-order chi connectivity index (χ0) is 22.0. The number of carbonyl (C=O) groups excluding carboxylic acids is 1. The number of thioether (sulfide) groups is 1. The zero-order valence-corrected chi connectivity index (χ0v) is 19.6. The van der Waals surface area contributed by atoms with E-state index in [4.69, 9.17) is 0 Å². The van der Waals surface area contributed by atoms with Gasteiger partial charge in [0, 0.05) is 17.0 Å². The van der Waals surface area contributed by atoms with Crippen LogP contribution in [0.1, 0.15) is 41.8 Å². The van der Waals surface area contributed by atoms with Gasteiger partial charge < -0.3 is 9.88 Å². The van der Waals surface area contributed by atoms with Gasteiger partial charge in [0.25, 0.3) is 0 Å². The standard InChI is InChI=1S/C23H25N5OS2/c1-4-28-21(16-7-5-6-14(2)10-16)26-27-23(28)30-13-20(29)25-22-18(12-24)17-9-8-15(3)11-19(17)31-22/h5-7,10,15H,4,8-9,11,13H2,1-3H3,(H,25,29). The van der Waals surface area contributed by atoms with Gasteiger partial charge in [0.05, 0.1) is 11.3 Å². The third kappa shape index (κ3) is 4.53. The van der Waals surface area contributed by atoms with E-state index in [9.17, 15) is 10.1 Å². The quantitative estimate of drug-likeness (QED) is 0.530. The Morgan fingerprint density at radius 2 is 2.26 bits per heavy atom. The summed E-state index contributed by atoms with van der Waals surface area (Å²) in [7, 11) is 0. The maximum absolute atomic E-state index is 12.7. The van der Waals surface area contributed by atoms with Crippen molar-refractivity contribution >= 4 is 34.0 Å². The van der Waals surface area contributed by atoms with Crippen LogP contribution in [0.4, 0.5) is 5.00 Å². The van der Waals surface area contributed by atoms with Crippen molar-refractivity contribution in [3.8, 4) is 17.5 Å². The minimum atomic E-state index is -0.129. The lowest BCUT2D eigenvalue weighted by Gasteiger charge is -2.17. The highest BCUT2D eigenvalue weighted by Crippen LogP contribution is 2.39. The smallest absolute Gasteiger partial charge is 0.235 e. The Morgan fingerprint density at radius 3 is 3.00 bits per heavy atom. The van der Waals surface area contributed by atoms with E-state index in [-0.39, 0.29) is 11.7 Å². The molecule has 0 saturated heterocycles. The molecule has 0 saturated carbocycles. The Labute approximate surface area is 190 Å². The Morgan fingerprint density at radius 1 is 1.42 bits per heavy atom. The van der Waals surface area contributed by atoms with E-state index >= 15 is 0 Å². The van der Waals surface area contributed by atoms with Gasteiger partial charge in [0.2, 0.25) is 5.91 Å². The number of nitrogens with zero attached hydrogens (tertiary/aromatic N) is 4. The number of carbonyl (C=O) groups is 1. The Balaban J connectivity index is 1.46. The van der Waals surface area contributed by atoms with Gasteiger partial charge >= 0.3 is 0 Å². The second-order valence-electron chi connectivity index (χ2n) is 7.92. The third-order valence-corrected chi connectivity index (χ3v) is 7.65. The molecule has 8 heteroatoms. The number of nitriles is 1. The summed E-state index contributed by atoms with van der Waals surface area (Å²) in [5, 5.41) is 22.7. The SMILES string of the molecule is CCn1c(SCC(=O)Nc2sc3c(c2C#N)CCC(C)C3)nnc1-c1cccc(C)c1. The maximum Gasteiger partial charge on any atom is 0.235 e. The van der Waals surface area contributed by atoms with Gasteiger partial charge in [0.15, 0.2) is 11.0 Å². The lowest BCUT2D eigenvalue weighted by atomic mass is 9.89. The van der Waals surface area contributed by atoms with Crippen LogP contribution in [0.3, 0.4) is 0 Å². The predicted molar refractivity (Wildman–Crippen MR) is 125 cm³/mol. The van der Waals surface area contributed by atoms with Crippen LogP contribution in [-0.2, 0) is 24.2 Å². The van der Waals surface area contributed by atoms with Gasteiger partial charge in [-0.2, -0.15) is 5.26 Å². The number of amides is 1. The predicted octanol–water partition coefficient (Wildman–Crippen LogP) is 5.06. The van der Waals surface area contributed by atoms with Crippen LogP contribution >= 0.6 is 23.1 Å². The zero-order valence-electron chi connectivity index (χ0n) is 17.9. The van der Waals surface area contributed by atoms with E-state index in [0.717, 1.165) is 41.8 Å². The first-order chi connectivity index (χ1) is 15.0. The second kappa shape index (κ2) is 9.25. The molecular weight excluding hydrogens is 426 g/mol. The van der Waals surface area contributed by atoms with Crippen LogP contribution in [0.2, 0.25) is 0 Å². The van der Waals surface area contributed by atoms with Crippen molar-refractivity contribution in [1.82, 2.24) is 14.8 Å². The minimum absolute atomic E-state index is 0.129. The number of hydrogen-bond acceptors (Lipinski definition) is 6. The highest BCUT2D eigenvalue weighted by molar-refractivity contribution is 7.99. The fourth-order valence-corrected chi connectivity index (χ4v) is 6.11. The number of rotatable bonds is 6. The number of thiophene rings is 1. The maximum atomic E-state index is 12.7. The summed E-state index contributed by atoms with van der Waals surface area (Å²) in [4.78, 5) is 13.9. The van der Waals surface area contributed by atoms with Crippen molar-refractivity contribution in [2.45, 2.75) is 51.7 Å². The van der Waals surface area contributed by atoms with Crippen LogP contribution in [0, 0.1) is 24.2 Å². The molecule has 0 bridgehead atoms. The van der Waals surface area contributed by atoms with Gasteiger partial charge in [-0.15, -0.1) is 21.5 Å². The number of aromatic nitrogens is 3. The molecular formula is C23H25N5OS2. The average molecular weight is 452 g/mol. The molecule has 1 atom stereocenters. The van der Waals surface area contributed by atoms with E-state index < -0.39 is 0 Å². The number of fused-ring (bicyclic) bond motifs is 1. The lowest BCUT2D eigenvalue weighted by molar-refractivity contribution is -0.113. The number of aryl methyl sites for hydroxylation is 1. The van der Waals surface area contributed by atoms with Crippen LogP contribution in [0.5, 0.6) is 0 Å². The Hall–Kier alpha value is -2.63. The summed E-state index contributed by atoms with van der Waals surface area (Å²) < 4.78 is 2.03. The minimum Gasteiger partial charge on any atom is -0.316 e. The van der Waals surface area contributed by atoms with Gasteiger partial charge in [-0.1, -0.05) is 42.4 Å². The number of hydrogen-bond donors (Lipinski definition) is 1. The summed E-state index contributed by atoms with van der Waals surface area (Å²) in [5.41, 5.74) is 3.95. The molecule has 1 amide bonds. The molecule has 2 heterocycles. The van der Waals surface area contributed by atoms with E-state index in [1.165, 1.54) is 16.6 Å². The highest BCUT2D eigenvalue weighted by atomic mass is 32.2. The van der Waals surface area contributed by atoms with Crippen LogP contribution < -0.4 is 5.32 Å². The van der Waals surface area contributed by atoms with Crippen molar-refractivity contribution in [3.63, 3.8) is 0 Å². The Kier molecular flexibility index (Phi) is 6.44. The molecule has 1 aromatic carbocycles. The van der Waals surface area contributed by atoms with E-state index in [2.05, 4.69) is 47.6 Å². The summed E-state index contributed by atoms with van der Waals surface area (Å²) in [6.45, 7) is 7.05. The van der Waals surface area contributed by atoms with Gasteiger partial charge in [-0.3, -0.25) is 4.79 Å². The molecule has 1 N–H and O–H groups in total. The van der Waals surface area contributed by atoms with Gasteiger partial charge in [-0.05, 0) is 50.7 Å². The van der Waals surface area contributed by atoms with Crippen molar-refractivity contribution in [2.75, 3.05) is 11.1 Å². The molecule has 0 radical (unpaired) electrons. The molecule has 0 spiro atoms. The summed E-state index contributed by atoms with van der Waals surface area (Å²) in [6.07, 6.45) is 3.00. The fourth-order valence-electron chi connectivity index (χ4n) is 3.93. The molecule has 3 aromatic rings. The van der Waals surface area contributed by atoms with Crippen molar-refractivity contribution in [1.29, 1.82) is 5.26 Å². The first-order valence-corrected chi connectivity index (χ1v) is 12.3. The number of nitrogens with one attached hydrogen (secondary N) is 1. The van der Waals surface area contributed by atoms with E-state index in [1.54, 1.807) is 11.3 Å². The average Bonchev–Trinajstić information content (AvgIpc) is 3.31. The molecule has 1 unspecified atom stereocenters. The molecule has 2 aromatic heterocycles. The van der Waals surface area contributed by atoms with Gasteiger partial charge in [0.1, 0.15) is 11.1 Å². The van der Waals surface area contributed by atoms with Crippen LogP contribution in [-0.4, -0.2) is 26.4 Å². The van der Waals surface area contributed by atoms with Crippen LogP contribution in [0.15, 0.2) is 29.4 Å². The summed E-state index contributed by atoms with van der Waals surface area (Å²) >= 11 is 2.92. The fraction of sp³-hybridized carbons (Fsp3) is 0.391. The molecule has 1 aliphatic carbocycles. The largest absolute Gasteiger partial charge is 0.316 e. The third-order valence-electron chi connectivity index (χ3n) is 5.52. The summed E-state index contributed by atoms with van der Waals surface area (Å²) in [6, 6.07) is 10.5. The molecule has 1 aliphatic rings. The number of benzene rings is 1. The van der Waals surface area contributed by atoms with Crippen LogP contribution in [0.25, 0.3) is 11.4 Å². The summed E-state index contributed by atoms with van der Waals surface area (Å²) in [5.74, 6) is 1.52. The topological polar surface area (TPSA) is 83.6 Å². The molecule has 31 heavy (non-hydrogen) atoms. The first kappa shape index (κ1) is 21.6. The Bertz CT molecular complexity index is 1160. The second-order valence-corrected chi connectivity index (χ2v) is 9.97. The molecule has 0 fully saturated rings. The molecule has 6 nitrogen and oxygen atoms in total. The normalized spacial score (nSPS) is 15.4. The van der Waals surface area contributed by atoms with E-state index in [1.807, 2.05) is 23.6 Å². The van der Waals surface area contributed by atoms with Crippen molar-refractivity contribution in [3.05, 3.63) is 45.8 Å². The highest BCUT2D eigenvalue weighted by Gasteiger charge is 2.25. The van der Waals surface area contributed by atoms with Crippen molar-refractivity contribution < 1.29 is 4.79 Å². The van der Waals surface area contributed by atoms with E-state index in [0.29, 0.717) is 28.2 Å². The lowest BCUT2D eigenvalue weighted by Crippen LogP contribution is -2.14. The molecule has 0 aliphatic heterocycles. The van der Waals surface area contributed by atoms with Gasteiger partial charge in [-0.25, -0.2) is 0 Å². The molecule has 160 valence electrons. The monoisotopic (exact) mass is 451 g/mol.